The molecule has 1 aromatic rings. The lowest BCUT2D eigenvalue weighted by atomic mass is 10.1. The maximum absolute atomic E-state index is 11.3. The van der Waals surface area contributed by atoms with Crippen molar-refractivity contribution in [2.75, 3.05) is 0 Å². The summed E-state index contributed by atoms with van der Waals surface area (Å²) < 4.78 is 5.73. The average Bonchev–Trinajstić information content (AvgIpc) is 2.47. The van der Waals surface area contributed by atoms with Gasteiger partial charge in [-0.1, -0.05) is 30.3 Å². The number of carbonyl (C=O) groups excluding carboxylic acids is 2. The van der Waals surface area contributed by atoms with Crippen molar-refractivity contribution in [3.05, 3.63) is 35.9 Å². The van der Waals surface area contributed by atoms with Crippen LogP contribution in [0.25, 0.3) is 0 Å². The van der Waals surface area contributed by atoms with Crippen molar-refractivity contribution < 1.29 is 14.3 Å². The maximum atomic E-state index is 11.3. The molecule has 4 nitrogen and oxygen atoms in total. The molecule has 2 unspecified atom stereocenters. The van der Waals surface area contributed by atoms with Crippen LogP contribution in [-0.4, -0.2) is 22.8 Å². The van der Waals surface area contributed by atoms with Crippen LogP contribution in [0.2, 0.25) is 0 Å². The summed E-state index contributed by atoms with van der Waals surface area (Å²) in [6, 6.07) is 8.99. The van der Waals surface area contributed by atoms with Crippen LogP contribution >= 0.6 is 9.39 Å². The minimum Gasteiger partial charge on any atom is -0.374 e. The Balaban J connectivity index is 2.13. The first-order chi connectivity index (χ1) is 7.18. The van der Waals surface area contributed by atoms with Crippen molar-refractivity contribution in [3.63, 3.8) is 0 Å². The standard InChI is InChI=1S/C10H10NO3P/c12-9-8(11(15)10(13)14-9)6-7-4-2-1-3-5-7/h1-5,8H,6,15H2. The fraction of sp³-hybridized carbons (Fsp3) is 0.200. The van der Waals surface area contributed by atoms with E-state index < -0.39 is 18.1 Å². The van der Waals surface area contributed by atoms with Gasteiger partial charge in [-0.2, -0.15) is 0 Å². The third-order valence-corrected chi connectivity index (χ3v) is 2.85. The van der Waals surface area contributed by atoms with Gasteiger partial charge in [0.15, 0.2) is 0 Å². The first-order valence-electron chi connectivity index (χ1n) is 4.52. The van der Waals surface area contributed by atoms with Crippen LogP contribution in [0.4, 0.5) is 4.79 Å². The van der Waals surface area contributed by atoms with Crippen molar-refractivity contribution in [1.29, 1.82) is 0 Å². The van der Waals surface area contributed by atoms with E-state index in [1.807, 2.05) is 30.3 Å². The Morgan fingerprint density at radius 3 is 2.47 bits per heavy atom. The van der Waals surface area contributed by atoms with Gasteiger partial charge in [0, 0.05) is 6.42 Å². The van der Waals surface area contributed by atoms with E-state index in [9.17, 15) is 9.59 Å². The van der Waals surface area contributed by atoms with Gasteiger partial charge in [0.2, 0.25) is 0 Å². The molecule has 0 aliphatic carbocycles. The largest absolute Gasteiger partial charge is 0.421 e. The van der Waals surface area contributed by atoms with Crippen molar-refractivity contribution in [2.45, 2.75) is 12.5 Å². The second-order valence-electron chi connectivity index (χ2n) is 3.30. The average molecular weight is 223 g/mol. The SMILES string of the molecule is O=C1OC(=O)N(P)C1Cc1ccccc1. The van der Waals surface area contributed by atoms with E-state index in [-0.39, 0.29) is 0 Å². The van der Waals surface area contributed by atoms with Crippen LogP contribution in [0.5, 0.6) is 0 Å². The fourth-order valence-electron chi connectivity index (χ4n) is 1.47. The third kappa shape index (κ3) is 2.00. The molecular weight excluding hydrogens is 213 g/mol. The van der Waals surface area contributed by atoms with Crippen LogP contribution in [0, 0.1) is 0 Å². The summed E-state index contributed by atoms with van der Waals surface area (Å²) in [6.07, 6.45) is -0.125. The molecule has 78 valence electrons. The number of nitrogens with zero attached hydrogens (tertiary/aromatic N) is 1. The number of hydrogen-bond acceptors (Lipinski definition) is 3. The third-order valence-electron chi connectivity index (χ3n) is 2.28. The molecule has 0 aromatic heterocycles. The highest BCUT2D eigenvalue weighted by atomic mass is 31.0. The zero-order chi connectivity index (χ0) is 10.8. The molecule has 1 fully saturated rings. The monoisotopic (exact) mass is 223 g/mol. The van der Waals surface area contributed by atoms with Crippen molar-refractivity contribution in [1.82, 2.24) is 4.67 Å². The summed E-state index contributed by atoms with van der Waals surface area (Å²) in [5.41, 5.74) is 1.00. The molecule has 5 heteroatoms. The summed E-state index contributed by atoms with van der Waals surface area (Å²) in [6.45, 7) is 0. The van der Waals surface area contributed by atoms with Crippen molar-refractivity contribution in [2.24, 2.45) is 0 Å². The predicted octanol–water partition coefficient (Wildman–Crippen LogP) is 1.37. The zero-order valence-corrected chi connectivity index (χ0v) is 9.08. The highest BCUT2D eigenvalue weighted by Crippen LogP contribution is 2.21. The quantitative estimate of drug-likeness (QED) is 0.432. The molecule has 1 aromatic carbocycles. The Kier molecular flexibility index (Phi) is 2.69. The molecule has 0 spiro atoms. The number of rotatable bonds is 2. The summed E-state index contributed by atoms with van der Waals surface area (Å²) in [4.78, 5) is 22.3. The van der Waals surface area contributed by atoms with Crippen molar-refractivity contribution >= 4 is 21.5 Å². The van der Waals surface area contributed by atoms with Crippen LogP contribution in [-0.2, 0) is 16.0 Å². The molecule has 0 bridgehead atoms. The molecule has 1 aliphatic rings. The molecule has 1 amide bonds. The topological polar surface area (TPSA) is 46.6 Å². The number of esters is 1. The van der Waals surface area contributed by atoms with E-state index >= 15 is 0 Å². The molecule has 1 saturated heterocycles. The number of cyclic esters (lactones) is 2. The van der Waals surface area contributed by atoms with Gasteiger partial charge >= 0.3 is 12.1 Å². The molecule has 2 rings (SSSR count). The summed E-state index contributed by atoms with van der Waals surface area (Å²) in [5.74, 6) is -0.487. The van der Waals surface area contributed by atoms with Crippen LogP contribution in [0.1, 0.15) is 5.56 Å². The van der Waals surface area contributed by atoms with Gasteiger partial charge in [0.25, 0.3) is 0 Å². The summed E-state index contributed by atoms with van der Waals surface area (Å²) in [5, 5.41) is 0. The maximum Gasteiger partial charge on any atom is 0.421 e. The molecule has 0 N–H and O–H groups in total. The Bertz CT molecular complexity index is 393. The lowest BCUT2D eigenvalue weighted by Crippen LogP contribution is -2.28. The Morgan fingerprint density at radius 1 is 1.27 bits per heavy atom. The van der Waals surface area contributed by atoms with E-state index in [1.54, 1.807) is 0 Å². The van der Waals surface area contributed by atoms with E-state index in [1.165, 1.54) is 4.67 Å². The lowest BCUT2D eigenvalue weighted by molar-refractivity contribution is -0.135. The van der Waals surface area contributed by atoms with E-state index in [2.05, 4.69) is 14.1 Å². The first-order valence-corrected chi connectivity index (χ1v) is 5.03. The molecule has 15 heavy (non-hydrogen) atoms. The highest BCUT2D eigenvalue weighted by Gasteiger charge is 2.38. The second kappa shape index (κ2) is 3.99. The van der Waals surface area contributed by atoms with E-state index in [0.29, 0.717) is 6.42 Å². The van der Waals surface area contributed by atoms with Gasteiger partial charge in [-0.05, 0) is 15.0 Å². The normalized spacial score (nSPS) is 20.6. The molecule has 1 aliphatic heterocycles. The van der Waals surface area contributed by atoms with Gasteiger partial charge in [-0.3, -0.25) is 4.67 Å². The zero-order valence-electron chi connectivity index (χ0n) is 7.92. The second-order valence-corrected chi connectivity index (χ2v) is 3.86. The van der Waals surface area contributed by atoms with Gasteiger partial charge in [-0.25, -0.2) is 9.59 Å². The van der Waals surface area contributed by atoms with Crippen LogP contribution in [0.3, 0.4) is 0 Å². The number of ether oxygens (including phenoxy) is 1. The Hall–Kier alpha value is -1.41. The van der Waals surface area contributed by atoms with Gasteiger partial charge in [-0.15, -0.1) is 0 Å². The van der Waals surface area contributed by atoms with Crippen LogP contribution in [0.15, 0.2) is 30.3 Å². The predicted molar refractivity (Wildman–Crippen MR) is 57.0 cm³/mol. The number of amides is 1. The molecule has 1 heterocycles. The van der Waals surface area contributed by atoms with Crippen molar-refractivity contribution in [3.8, 4) is 0 Å². The molecule has 2 atom stereocenters. The smallest absolute Gasteiger partial charge is 0.374 e. The molecule has 0 radical (unpaired) electrons. The molecular formula is C10H10NO3P. The number of benzene rings is 1. The number of hydrogen-bond donors (Lipinski definition) is 0. The molecule has 0 saturated carbocycles. The Labute approximate surface area is 89.5 Å². The number of carbonyl (C=O) groups is 2. The first kappa shape index (κ1) is 10.1. The summed E-state index contributed by atoms with van der Waals surface area (Å²) in [7, 11) is 2.21. The summed E-state index contributed by atoms with van der Waals surface area (Å²) >= 11 is 0. The van der Waals surface area contributed by atoms with Gasteiger partial charge in [0.05, 0.1) is 0 Å². The van der Waals surface area contributed by atoms with E-state index in [0.717, 1.165) is 5.56 Å². The lowest BCUT2D eigenvalue weighted by Gasteiger charge is -2.13. The minimum atomic E-state index is -0.606. The fourth-order valence-corrected chi connectivity index (χ4v) is 1.75. The van der Waals surface area contributed by atoms with Gasteiger partial charge < -0.3 is 4.74 Å². The minimum absolute atomic E-state index is 0.481. The van der Waals surface area contributed by atoms with Crippen LogP contribution < -0.4 is 0 Å². The highest BCUT2D eigenvalue weighted by molar-refractivity contribution is 7.14. The van der Waals surface area contributed by atoms with E-state index in [4.69, 9.17) is 0 Å². The Morgan fingerprint density at radius 2 is 1.93 bits per heavy atom. The van der Waals surface area contributed by atoms with Gasteiger partial charge in [0.1, 0.15) is 6.04 Å².